The van der Waals surface area contributed by atoms with E-state index in [0.717, 1.165) is 11.1 Å². The number of ether oxygens (including phenoxy) is 3. The van der Waals surface area contributed by atoms with Crippen molar-refractivity contribution in [2.24, 2.45) is 0 Å². The maximum absolute atomic E-state index is 12.3. The Labute approximate surface area is 141 Å². The van der Waals surface area contributed by atoms with Gasteiger partial charge in [-0.1, -0.05) is 23.8 Å². The second-order valence-corrected chi connectivity index (χ2v) is 5.38. The molecule has 0 aliphatic carbocycles. The van der Waals surface area contributed by atoms with Crippen molar-refractivity contribution in [3.8, 4) is 11.5 Å². The Balaban J connectivity index is 2.11. The fourth-order valence-electron chi connectivity index (χ4n) is 2.39. The maximum Gasteiger partial charge on any atom is 0.342 e. The van der Waals surface area contributed by atoms with Crippen LogP contribution in [0.4, 0.5) is 0 Å². The number of aryl methyl sites for hydroxylation is 2. The molecule has 2 aromatic rings. The van der Waals surface area contributed by atoms with Crippen LogP contribution in [0.25, 0.3) is 0 Å². The van der Waals surface area contributed by atoms with Gasteiger partial charge in [-0.2, -0.15) is 0 Å². The molecule has 0 unspecified atom stereocenters. The summed E-state index contributed by atoms with van der Waals surface area (Å²) < 4.78 is 15.4. The zero-order valence-electron chi connectivity index (χ0n) is 14.2. The van der Waals surface area contributed by atoms with E-state index in [4.69, 9.17) is 14.2 Å². The molecule has 0 saturated carbocycles. The number of methoxy groups -OCH3 is 2. The van der Waals surface area contributed by atoms with Gasteiger partial charge in [0.25, 0.3) is 0 Å². The van der Waals surface area contributed by atoms with Crippen molar-refractivity contribution in [1.82, 2.24) is 0 Å². The molecule has 24 heavy (non-hydrogen) atoms. The lowest BCUT2D eigenvalue weighted by molar-refractivity contribution is 0.0471. The summed E-state index contributed by atoms with van der Waals surface area (Å²) in [6, 6.07) is 10.3. The van der Waals surface area contributed by atoms with Crippen molar-refractivity contribution in [1.29, 1.82) is 0 Å². The first kappa shape index (κ1) is 17.5. The first-order chi connectivity index (χ1) is 11.5. The van der Waals surface area contributed by atoms with Crippen LogP contribution in [0.15, 0.2) is 36.4 Å². The minimum atomic E-state index is -0.635. The molecule has 0 heterocycles. The average Bonchev–Trinajstić information content (AvgIpc) is 2.58. The van der Waals surface area contributed by atoms with Crippen LogP contribution in [0.3, 0.4) is 0 Å². The van der Waals surface area contributed by atoms with Gasteiger partial charge >= 0.3 is 5.97 Å². The van der Waals surface area contributed by atoms with Gasteiger partial charge in [0, 0.05) is 5.56 Å². The monoisotopic (exact) mass is 328 g/mol. The predicted molar refractivity (Wildman–Crippen MR) is 90.1 cm³/mol. The summed E-state index contributed by atoms with van der Waals surface area (Å²) in [5, 5.41) is 0. The fourth-order valence-corrected chi connectivity index (χ4v) is 2.39. The Kier molecular flexibility index (Phi) is 5.58. The van der Waals surface area contributed by atoms with Crippen molar-refractivity contribution >= 4 is 11.8 Å². The second-order valence-electron chi connectivity index (χ2n) is 5.38. The molecule has 0 saturated heterocycles. The smallest absolute Gasteiger partial charge is 0.342 e. The van der Waals surface area contributed by atoms with Crippen molar-refractivity contribution < 1.29 is 23.8 Å². The highest BCUT2D eigenvalue weighted by atomic mass is 16.5. The molecule has 0 N–H and O–H groups in total. The van der Waals surface area contributed by atoms with E-state index in [0.29, 0.717) is 17.1 Å². The van der Waals surface area contributed by atoms with Crippen LogP contribution < -0.4 is 9.47 Å². The molecule has 0 aliphatic rings. The number of carbonyl (C=O) groups excluding carboxylic acids is 2. The summed E-state index contributed by atoms with van der Waals surface area (Å²) >= 11 is 0. The number of Topliss-reactive ketones (excluding diaryl/α,β-unsaturated/α-hetero) is 1. The third-order valence-corrected chi connectivity index (χ3v) is 3.64. The second kappa shape index (κ2) is 7.64. The Morgan fingerprint density at radius 2 is 1.67 bits per heavy atom. The van der Waals surface area contributed by atoms with E-state index in [-0.39, 0.29) is 18.0 Å². The molecule has 0 fully saturated rings. The SMILES string of the molecule is COc1ccc(OC)c(C(=O)OCC(=O)c2ccc(C)cc2C)c1. The number of hydrogen-bond donors (Lipinski definition) is 0. The topological polar surface area (TPSA) is 61.8 Å². The van der Waals surface area contributed by atoms with Gasteiger partial charge < -0.3 is 14.2 Å². The quantitative estimate of drug-likeness (QED) is 0.601. The lowest BCUT2D eigenvalue weighted by Gasteiger charge is -2.11. The van der Waals surface area contributed by atoms with E-state index in [1.807, 2.05) is 26.0 Å². The zero-order chi connectivity index (χ0) is 17.7. The number of esters is 1. The van der Waals surface area contributed by atoms with E-state index in [2.05, 4.69) is 0 Å². The predicted octanol–water partition coefficient (Wildman–Crippen LogP) is 3.36. The standard InChI is InChI=1S/C19H20O5/c1-12-5-7-15(13(2)9-12)17(20)11-24-19(21)16-10-14(22-3)6-8-18(16)23-4/h5-10H,11H2,1-4H3. The Hall–Kier alpha value is -2.82. The summed E-state index contributed by atoms with van der Waals surface area (Å²) in [4.78, 5) is 24.5. The number of benzene rings is 2. The highest BCUT2D eigenvalue weighted by Gasteiger charge is 2.18. The number of rotatable bonds is 6. The average molecular weight is 328 g/mol. The molecule has 0 atom stereocenters. The highest BCUT2D eigenvalue weighted by molar-refractivity contribution is 6.01. The lowest BCUT2D eigenvalue weighted by Crippen LogP contribution is -2.16. The molecule has 0 bridgehead atoms. The van der Waals surface area contributed by atoms with E-state index in [1.54, 1.807) is 18.2 Å². The van der Waals surface area contributed by atoms with Crippen LogP contribution >= 0.6 is 0 Å². The van der Waals surface area contributed by atoms with Crippen LogP contribution in [0, 0.1) is 13.8 Å². The van der Waals surface area contributed by atoms with Gasteiger partial charge in [-0.3, -0.25) is 4.79 Å². The first-order valence-corrected chi connectivity index (χ1v) is 7.46. The van der Waals surface area contributed by atoms with E-state index < -0.39 is 5.97 Å². The summed E-state index contributed by atoms with van der Waals surface area (Å²) in [6.07, 6.45) is 0. The minimum Gasteiger partial charge on any atom is -0.497 e. The Morgan fingerprint density at radius 1 is 0.917 bits per heavy atom. The molecule has 0 spiro atoms. The molecule has 0 radical (unpaired) electrons. The van der Waals surface area contributed by atoms with Gasteiger partial charge in [-0.25, -0.2) is 4.79 Å². The largest absolute Gasteiger partial charge is 0.497 e. The molecule has 2 aromatic carbocycles. The van der Waals surface area contributed by atoms with Crippen LogP contribution in [0.5, 0.6) is 11.5 Å². The molecular formula is C19H20O5. The van der Waals surface area contributed by atoms with E-state index in [9.17, 15) is 9.59 Å². The van der Waals surface area contributed by atoms with Gasteiger partial charge in [-0.05, 0) is 37.6 Å². The summed E-state index contributed by atoms with van der Waals surface area (Å²) in [5.41, 5.74) is 2.69. The molecule has 0 aromatic heterocycles. The molecule has 5 nitrogen and oxygen atoms in total. The first-order valence-electron chi connectivity index (χ1n) is 7.46. The molecule has 2 rings (SSSR count). The van der Waals surface area contributed by atoms with E-state index >= 15 is 0 Å². The highest BCUT2D eigenvalue weighted by Crippen LogP contribution is 2.24. The summed E-state index contributed by atoms with van der Waals surface area (Å²) in [5.74, 6) is -0.0187. The minimum absolute atomic E-state index is 0.213. The third-order valence-electron chi connectivity index (χ3n) is 3.64. The fraction of sp³-hybridized carbons (Fsp3) is 0.263. The van der Waals surface area contributed by atoms with Crippen molar-refractivity contribution in [3.05, 3.63) is 58.7 Å². The summed E-state index contributed by atoms with van der Waals surface area (Å²) in [6.45, 7) is 3.48. The molecular weight excluding hydrogens is 308 g/mol. The van der Waals surface area contributed by atoms with Gasteiger partial charge in [0.05, 0.1) is 14.2 Å². The number of carbonyl (C=O) groups is 2. The molecule has 0 aliphatic heterocycles. The lowest BCUT2D eigenvalue weighted by atomic mass is 10.0. The third kappa shape index (κ3) is 3.93. The molecule has 0 amide bonds. The zero-order valence-corrected chi connectivity index (χ0v) is 14.2. The van der Waals surface area contributed by atoms with Crippen LogP contribution in [0.1, 0.15) is 31.8 Å². The van der Waals surface area contributed by atoms with Crippen LogP contribution in [0.2, 0.25) is 0 Å². The van der Waals surface area contributed by atoms with Crippen molar-refractivity contribution in [3.63, 3.8) is 0 Å². The molecule has 5 heteroatoms. The van der Waals surface area contributed by atoms with E-state index in [1.165, 1.54) is 20.3 Å². The number of hydrogen-bond acceptors (Lipinski definition) is 5. The van der Waals surface area contributed by atoms with Gasteiger partial charge in [-0.15, -0.1) is 0 Å². The molecule has 126 valence electrons. The van der Waals surface area contributed by atoms with Crippen molar-refractivity contribution in [2.45, 2.75) is 13.8 Å². The van der Waals surface area contributed by atoms with Gasteiger partial charge in [0.15, 0.2) is 6.61 Å². The Bertz CT molecular complexity index is 764. The van der Waals surface area contributed by atoms with Gasteiger partial charge in [0.2, 0.25) is 5.78 Å². The van der Waals surface area contributed by atoms with Crippen LogP contribution in [-0.2, 0) is 4.74 Å². The normalized spacial score (nSPS) is 10.2. The number of ketones is 1. The maximum atomic E-state index is 12.3. The van der Waals surface area contributed by atoms with Crippen LogP contribution in [-0.4, -0.2) is 32.6 Å². The van der Waals surface area contributed by atoms with Gasteiger partial charge in [0.1, 0.15) is 17.1 Å². The Morgan fingerprint density at radius 3 is 2.29 bits per heavy atom. The van der Waals surface area contributed by atoms with Crippen molar-refractivity contribution in [2.75, 3.05) is 20.8 Å². The summed E-state index contributed by atoms with van der Waals surface area (Å²) in [7, 11) is 2.96.